The Morgan fingerprint density at radius 3 is 2.27 bits per heavy atom. The van der Waals surface area contributed by atoms with Gasteiger partial charge in [0.05, 0.1) is 11.8 Å². The lowest BCUT2D eigenvalue weighted by Crippen LogP contribution is -2.34. The van der Waals surface area contributed by atoms with Crippen LogP contribution in [-0.4, -0.2) is 17.9 Å². The summed E-state index contributed by atoms with van der Waals surface area (Å²) < 4.78 is 5.73. The smallest absolute Gasteiger partial charge is 0.228 e. The second-order valence-electron chi connectivity index (χ2n) is 6.70. The van der Waals surface area contributed by atoms with Crippen LogP contribution in [0.25, 0.3) is 0 Å². The first-order chi connectivity index (χ1) is 12.6. The molecule has 2 aromatic rings. The molecule has 2 N–H and O–H groups in total. The molecule has 3 atom stereocenters. The maximum absolute atomic E-state index is 12.3. The molecule has 1 aliphatic carbocycles. The molecule has 1 saturated carbocycles. The van der Waals surface area contributed by atoms with Crippen LogP contribution in [0, 0.1) is 11.8 Å². The van der Waals surface area contributed by atoms with Crippen molar-refractivity contribution in [2.24, 2.45) is 11.8 Å². The summed E-state index contributed by atoms with van der Waals surface area (Å²) in [6.45, 7) is 3.99. The summed E-state index contributed by atoms with van der Waals surface area (Å²) in [6.07, 6.45) is 1.50. The molecule has 0 saturated heterocycles. The largest absolute Gasteiger partial charge is 0.457 e. The second-order valence-corrected chi connectivity index (χ2v) is 6.70. The van der Waals surface area contributed by atoms with Crippen molar-refractivity contribution >= 4 is 17.5 Å². The van der Waals surface area contributed by atoms with Gasteiger partial charge in [0.15, 0.2) is 0 Å². The number of nitrogens with one attached hydrogen (secondary N) is 2. The first-order valence-corrected chi connectivity index (χ1v) is 9.01. The maximum Gasteiger partial charge on any atom is 0.228 e. The Hall–Kier alpha value is -2.82. The third kappa shape index (κ3) is 4.63. The van der Waals surface area contributed by atoms with Gasteiger partial charge in [0.2, 0.25) is 11.8 Å². The SMILES string of the molecule is CCC(C)NC(=O)C1CC1C(=O)Nc1ccc(Oc2ccccc2)cc1. The summed E-state index contributed by atoms with van der Waals surface area (Å²) in [5.74, 6) is 0.894. The summed E-state index contributed by atoms with van der Waals surface area (Å²) >= 11 is 0. The number of benzene rings is 2. The van der Waals surface area contributed by atoms with Crippen molar-refractivity contribution in [1.29, 1.82) is 0 Å². The van der Waals surface area contributed by atoms with Crippen LogP contribution in [0.4, 0.5) is 5.69 Å². The minimum absolute atomic E-state index is 0.0221. The highest BCUT2D eigenvalue weighted by Gasteiger charge is 2.48. The molecule has 0 spiro atoms. The monoisotopic (exact) mass is 352 g/mol. The molecule has 0 bridgehead atoms. The molecule has 0 aromatic heterocycles. The summed E-state index contributed by atoms with van der Waals surface area (Å²) in [6, 6.07) is 16.9. The van der Waals surface area contributed by atoms with Gasteiger partial charge in [-0.1, -0.05) is 25.1 Å². The van der Waals surface area contributed by atoms with Gasteiger partial charge in [0.25, 0.3) is 0 Å². The zero-order valence-corrected chi connectivity index (χ0v) is 15.1. The van der Waals surface area contributed by atoms with Crippen molar-refractivity contribution in [1.82, 2.24) is 5.32 Å². The summed E-state index contributed by atoms with van der Waals surface area (Å²) in [7, 11) is 0. The highest BCUT2D eigenvalue weighted by Crippen LogP contribution is 2.39. The van der Waals surface area contributed by atoms with Crippen LogP contribution < -0.4 is 15.4 Å². The van der Waals surface area contributed by atoms with Gasteiger partial charge >= 0.3 is 0 Å². The number of rotatable bonds is 7. The van der Waals surface area contributed by atoms with Gasteiger partial charge in [0, 0.05) is 11.7 Å². The number of para-hydroxylation sites is 1. The maximum atomic E-state index is 12.3. The van der Waals surface area contributed by atoms with Crippen molar-refractivity contribution in [2.75, 3.05) is 5.32 Å². The molecule has 2 aromatic carbocycles. The first-order valence-electron chi connectivity index (χ1n) is 9.01. The molecule has 1 fully saturated rings. The van der Waals surface area contributed by atoms with Gasteiger partial charge in [-0.3, -0.25) is 9.59 Å². The summed E-state index contributed by atoms with van der Waals surface area (Å²) in [5, 5.41) is 5.81. The minimum atomic E-state index is -0.237. The van der Waals surface area contributed by atoms with Crippen LogP contribution in [0.5, 0.6) is 11.5 Å². The fraction of sp³-hybridized carbons (Fsp3) is 0.333. The number of carbonyl (C=O) groups excluding carboxylic acids is 2. The Labute approximate surface area is 153 Å². The molecule has 26 heavy (non-hydrogen) atoms. The predicted molar refractivity (Wildman–Crippen MR) is 101 cm³/mol. The van der Waals surface area contributed by atoms with E-state index in [-0.39, 0.29) is 29.7 Å². The lowest BCUT2D eigenvalue weighted by molar-refractivity contribution is -0.125. The zero-order chi connectivity index (χ0) is 18.5. The van der Waals surface area contributed by atoms with Crippen molar-refractivity contribution in [3.63, 3.8) is 0 Å². The van der Waals surface area contributed by atoms with Crippen LogP contribution in [0.1, 0.15) is 26.7 Å². The van der Waals surface area contributed by atoms with E-state index < -0.39 is 0 Å². The first kappa shape index (κ1) is 18.0. The minimum Gasteiger partial charge on any atom is -0.457 e. The van der Waals surface area contributed by atoms with Crippen LogP contribution in [0.15, 0.2) is 54.6 Å². The fourth-order valence-electron chi connectivity index (χ4n) is 2.69. The lowest BCUT2D eigenvalue weighted by Gasteiger charge is -2.11. The van der Waals surface area contributed by atoms with E-state index in [4.69, 9.17) is 4.74 Å². The number of hydrogen-bond donors (Lipinski definition) is 2. The van der Waals surface area contributed by atoms with E-state index in [1.807, 2.05) is 56.3 Å². The molecule has 0 heterocycles. The number of hydrogen-bond acceptors (Lipinski definition) is 3. The van der Waals surface area contributed by atoms with E-state index in [0.29, 0.717) is 17.9 Å². The second kappa shape index (κ2) is 8.04. The number of anilines is 1. The van der Waals surface area contributed by atoms with Gasteiger partial charge in [0.1, 0.15) is 11.5 Å². The van der Waals surface area contributed by atoms with Crippen LogP contribution >= 0.6 is 0 Å². The molecule has 136 valence electrons. The van der Waals surface area contributed by atoms with Gasteiger partial charge in [-0.05, 0) is 56.2 Å². The van der Waals surface area contributed by atoms with E-state index in [2.05, 4.69) is 10.6 Å². The Morgan fingerprint density at radius 1 is 1.00 bits per heavy atom. The van der Waals surface area contributed by atoms with Crippen LogP contribution in [0.2, 0.25) is 0 Å². The Bertz CT molecular complexity index is 759. The third-order valence-corrected chi connectivity index (χ3v) is 4.57. The van der Waals surface area contributed by atoms with Crippen LogP contribution in [-0.2, 0) is 9.59 Å². The van der Waals surface area contributed by atoms with Crippen LogP contribution in [0.3, 0.4) is 0 Å². The van der Waals surface area contributed by atoms with Crippen molar-refractivity contribution < 1.29 is 14.3 Å². The van der Waals surface area contributed by atoms with E-state index >= 15 is 0 Å². The molecule has 0 aliphatic heterocycles. The molecule has 3 unspecified atom stereocenters. The molecule has 1 aliphatic rings. The highest BCUT2D eigenvalue weighted by atomic mass is 16.5. The fourth-order valence-corrected chi connectivity index (χ4v) is 2.69. The number of amides is 2. The lowest BCUT2D eigenvalue weighted by atomic mass is 10.2. The standard InChI is InChI=1S/C21H24N2O3/c1-3-14(2)22-20(24)18-13-19(18)21(25)23-15-9-11-17(12-10-15)26-16-7-5-4-6-8-16/h4-12,14,18-19H,3,13H2,1-2H3,(H,22,24)(H,23,25). The van der Waals surface area contributed by atoms with Gasteiger partial charge in [-0.2, -0.15) is 0 Å². The topological polar surface area (TPSA) is 67.4 Å². The van der Waals surface area contributed by atoms with Crippen molar-refractivity contribution in [3.8, 4) is 11.5 Å². The zero-order valence-electron chi connectivity index (χ0n) is 15.1. The molecular weight excluding hydrogens is 328 g/mol. The Kier molecular flexibility index (Phi) is 5.56. The van der Waals surface area contributed by atoms with Gasteiger partial charge in [-0.15, -0.1) is 0 Å². The molecule has 0 radical (unpaired) electrons. The molecular formula is C21H24N2O3. The highest BCUT2D eigenvalue weighted by molar-refractivity contribution is 5.99. The molecule has 2 amide bonds. The van der Waals surface area contributed by atoms with Crippen molar-refractivity contribution in [2.45, 2.75) is 32.7 Å². The average Bonchev–Trinajstić information content (AvgIpc) is 3.45. The van der Waals surface area contributed by atoms with Gasteiger partial charge < -0.3 is 15.4 Å². The number of carbonyl (C=O) groups is 2. The number of ether oxygens (including phenoxy) is 1. The van der Waals surface area contributed by atoms with E-state index in [1.54, 1.807) is 12.1 Å². The molecule has 5 heteroatoms. The van der Waals surface area contributed by atoms with Crippen molar-refractivity contribution in [3.05, 3.63) is 54.6 Å². The third-order valence-electron chi connectivity index (χ3n) is 4.57. The summed E-state index contributed by atoms with van der Waals surface area (Å²) in [5.41, 5.74) is 0.698. The van der Waals surface area contributed by atoms with Gasteiger partial charge in [-0.25, -0.2) is 0 Å². The Balaban J connectivity index is 1.50. The normalized spacial score (nSPS) is 19.3. The molecule has 5 nitrogen and oxygen atoms in total. The molecule has 3 rings (SSSR count). The van der Waals surface area contributed by atoms with E-state index in [9.17, 15) is 9.59 Å². The quantitative estimate of drug-likeness (QED) is 0.792. The van der Waals surface area contributed by atoms with E-state index in [0.717, 1.165) is 12.2 Å². The summed E-state index contributed by atoms with van der Waals surface area (Å²) in [4.78, 5) is 24.4. The Morgan fingerprint density at radius 2 is 1.62 bits per heavy atom. The predicted octanol–water partition coefficient (Wildman–Crippen LogP) is 3.97. The van der Waals surface area contributed by atoms with E-state index in [1.165, 1.54) is 0 Å². The average molecular weight is 352 g/mol.